The Morgan fingerprint density at radius 3 is 2.76 bits per heavy atom. The molecule has 0 unspecified atom stereocenters. The molecule has 9 heteroatoms. The maximum Gasteiger partial charge on any atom is 0.257 e. The van der Waals surface area contributed by atoms with Crippen molar-refractivity contribution in [3.63, 3.8) is 0 Å². The van der Waals surface area contributed by atoms with E-state index in [0.29, 0.717) is 11.3 Å². The quantitative estimate of drug-likeness (QED) is 0.596. The molecule has 1 atom stereocenters. The van der Waals surface area contributed by atoms with Crippen LogP contribution in [0.5, 0.6) is 11.5 Å². The van der Waals surface area contributed by atoms with Crippen LogP contribution in [0.1, 0.15) is 52.8 Å². The Morgan fingerprint density at radius 1 is 1.30 bits per heavy atom. The molecule has 176 valence electrons. The molecule has 4 rings (SSSR count). The molecule has 8 nitrogen and oxygen atoms in total. The highest BCUT2D eigenvalue weighted by Crippen LogP contribution is 2.39. The Kier molecular flexibility index (Phi) is 5.04. The average Bonchev–Trinajstić information content (AvgIpc) is 3.62. The molecule has 1 fully saturated rings. The van der Waals surface area contributed by atoms with Gasteiger partial charge in [0.1, 0.15) is 9.84 Å². The SMILES string of the molecule is [2H]C([2H])([2H])S(=O)(=O)C[C@]([2H])(c1ccc(OC)c(OCC)c1)N1Cc2cccc(NC(=O)C3CC3)c2C1=O. The van der Waals surface area contributed by atoms with E-state index in [1.807, 2.05) is 0 Å². The molecule has 2 aromatic rings. The van der Waals surface area contributed by atoms with E-state index in [0.717, 1.165) is 17.7 Å². The maximum atomic E-state index is 13.7. The normalized spacial score (nSPS) is 19.5. The number of hydrogen-bond acceptors (Lipinski definition) is 6. The fraction of sp³-hybridized carbons (Fsp3) is 0.417. The zero-order valence-corrected chi connectivity index (χ0v) is 19.2. The minimum Gasteiger partial charge on any atom is -0.493 e. The lowest BCUT2D eigenvalue weighted by atomic mass is 10.1. The van der Waals surface area contributed by atoms with Gasteiger partial charge in [-0.25, -0.2) is 8.42 Å². The van der Waals surface area contributed by atoms with Crippen molar-refractivity contribution in [2.45, 2.75) is 32.3 Å². The standard InChI is InChI=1S/C24H28N2O6S/c1-4-32-21-12-16(10-11-20(21)31-2)19(14-33(3,29)30)26-13-17-6-5-7-18(22(17)24(26)28)25-23(27)15-8-9-15/h5-7,10-12,15,19H,4,8-9,13-14H2,1-3H3,(H,25,27)/t19-/m1/s1/i3D3,19D. The lowest BCUT2D eigenvalue weighted by Gasteiger charge is -2.28. The van der Waals surface area contributed by atoms with Gasteiger partial charge in [0.05, 0.1) is 38.1 Å². The van der Waals surface area contributed by atoms with Crippen LogP contribution in [-0.4, -0.2) is 50.8 Å². The highest BCUT2D eigenvalue weighted by molar-refractivity contribution is 7.90. The van der Waals surface area contributed by atoms with Crippen LogP contribution in [0.25, 0.3) is 0 Å². The minimum atomic E-state index is -4.85. The molecule has 1 saturated carbocycles. The summed E-state index contributed by atoms with van der Waals surface area (Å²) in [4.78, 5) is 27.2. The summed E-state index contributed by atoms with van der Waals surface area (Å²) in [6.07, 6.45) is -1.86. The van der Waals surface area contributed by atoms with Crippen LogP contribution in [-0.2, 0) is 21.2 Å². The van der Waals surface area contributed by atoms with Gasteiger partial charge in [-0.3, -0.25) is 9.59 Å². The predicted octanol–water partition coefficient (Wildman–Crippen LogP) is 3.18. The Bertz CT molecular complexity index is 1340. The number of carbonyl (C=O) groups is 2. The summed E-state index contributed by atoms with van der Waals surface area (Å²) in [6.45, 7) is 1.82. The van der Waals surface area contributed by atoms with Gasteiger partial charge in [-0.1, -0.05) is 18.2 Å². The van der Waals surface area contributed by atoms with Crippen molar-refractivity contribution >= 4 is 27.3 Å². The van der Waals surface area contributed by atoms with E-state index in [-0.39, 0.29) is 47.5 Å². The van der Waals surface area contributed by atoms with Crippen molar-refractivity contribution in [1.82, 2.24) is 4.90 Å². The van der Waals surface area contributed by atoms with Gasteiger partial charge in [-0.2, -0.15) is 0 Å². The van der Waals surface area contributed by atoms with Crippen LogP contribution in [0.2, 0.25) is 0 Å². The second-order valence-corrected chi connectivity index (χ2v) is 9.52. The fourth-order valence-electron chi connectivity index (χ4n) is 3.89. The Hall–Kier alpha value is -3.07. The number of fused-ring (bicyclic) bond motifs is 1. The molecule has 1 aliphatic heterocycles. The third kappa shape index (κ3) is 4.98. The molecule has 2 aliphatic rings. The van der Waals surface area contributed by atoms with Crippen molar-refractivity contribution in [2.75, 3.05) is 31.0 Å². The van der Waals surface area contributed by atoms with Gasteiger partial charge >= 0.3 is 0 Å². The highest BCUT2D eigenvalue weighted by atomic mass is 32.2. The average molecular weight is 477 g/mol. The van der Waals surface area contributed by atoms with Crippen molar-refractivity contribution in [1.29, 1.82) is 0 Å². The molecule has 0 spiro atoms. The number of sulfone groups is 1. The lowest BCUT2D eigenvalue weighted by Crippen LogP contribution is -2.34. The first-order valence-corrected chi connectivity index (χ1v) is 12.3. The van der Waals surface area contributed by atoms with Crippen LogP contribution in [0.15, 0.2) is 36.4 Å². The van der Waals surface area contributed by atoms with Crippen LogP contribution in [0, 0.1) is 5.92 Å². The van der Waals surface area contributed by atoms with Gasteiger partial charge in [-0.15, -0.1) is 0 Å². The first-order valence-electron chi connectivity index (χ1n) is 12.6. The predicted molar refractivity (Wildman–Crippen MR) is 124 cm³/mol. The Labute approximate surface area is 199 Å². The molecule has 1 aliphatic carbocycles. The number of nitrogens with zero attached hydrogens (tertiary/aromatic N) is 1. The largest absolute Gasteiger partial charge is 0.493 e. The van der Waals surface area contributed by atoms with E-state index < -0.39 is 33.7 Å². The summed E-state index contributed by atoms with van der Waals surface area (Å²) in [5, 5.41) is 2.77. The summed E-state index contributed by atoms with van der Waals surface area (Å²) >= 11 is 0. The summed E-state index contributed by atoms with van der Waals surface area (Å²) in [7, 11) is -3.43. The second-order valence-electron chi connectivity index (χ2n) is 8.00. The molecule has 1 N–H and O–H groups in total. The van der Waals surface area contributed by atoms with Crippen molar-refractivity contribution in [3.05, 3.63) is 53.1 Å². The van der Waals surface area contributed by atoms with E-state index in [2.05, 4.69) is 5.32 Å². The molecule has 2 aromatic carbocycles. The van der Waals surface area contributed by atoms with Gasteiger partial charge in [0.15, 0.2) is 11.5 Å². The zero-order valence-electron chi connectivity index (χ0n) is 22.4. The molecular formula is C24H28N2O6S. The van der Waals surface area contributed by atoms with E-state index in [4.69, 9.17) is 13.6 Å². The van der Waals surface area contributed by atoms with E-state index in [9.17, 15) is 19.4 Å². The first-order chi connectivity index (χ1) is 17.3. The smallest absolute Gasteiger partial charge is 0.257 e. The van der Waals surface area contributed by atoms with Crippen molar-refractivity contribution < 1.29 is 33.0 Å². The number of ether oxygens (including phenoxy) is 2. The molecule has 33 heavy (non-hydrogen) atoms. The van der Waals surface area contributed by atoms with Crippen LogP contribution in [0.4, 0.5) is 5.69 Å². The number of carbonyl (C=O) groups excluding carboxylic acids is 2. The molecule has 0 saturated heterocycles. The number of amides is 2. The third-order valence-corrected chi connectivity index (χ3v) is 6.25. The Balaban J connectivity index is 1.81. The van der Waals surface area contributed by atoms with Gasteiger partial charge in [0.2, 0.25) is 5.91 Å². The number of methoxy groups -OCH3 is 1. The van der Waals surface area contributed by atoms with Gasteiger partial charge in [0.25, 0.3) is 5.91 Å². The number of hydrogen-bond donors (Lipinski definition) is 1. The number of rotatable bonds is 9. The molecule has 0 aromatic heterocycles. The number of nitrogens with one attached hydrogen (secondary N) is 1. The molecule has 2 amide bonds. The van der Waals surface area contributed by atoms with Gasteiger partial charge < -0.3 is 19.7 Å². The van der Waals surface area contributed by atoms with Crippen LogP contribution in [0.3, 0.4) is 0 Å². The Morgan fingerprint density at radius 2 is 2.09 bits per heavy atom. The topological polar surface area (TPSA) is 102 Å². The third-order valence-electron chi connectivity index (χ3n) is 5.59. The van der Waals surface area contributed by atoms with Gasteiger partial charge in [0, 0.05) is 22.8 Å². The lowest BCUT2D eigenvalue weighted by molar-refractivity contribution is -0.117. The molecule has 0 bridgehead atoms. The van der Waals surface area contributed by atoms with Crippen LogP contribution < -0.4 is 14.8 Å². The monoisotopic (exact) mass is 476 g/mol. The molecular weight excluding hydrogens is 444 g/mol. The zero-order chi connectivity index (χ0) is 27.2. The van der Waals surface area contributed by atoms with Crippen LogP contribution >= 0.6 is 0 Å². The van der Waals surface area contributed by atoms with Gasteiger partial charge in [-0.05, 0) is 49.1 Å². The molecule has 1 heterocycles. The summed E-state index contributed by atoms with van der Waals surface area (Å²) in [5.41, 5.74) is 0.944. The number of benzene rings is 2. The summed E-state index contributed by atoms with van der Waals surface area (Å²) < 4.78 is 68.5. The maximum absolute atomic E-state index is 13.7. The second kappa shape index (κ2) is 9.05. The van der Waals surface area contributed by atoms with Crippen molar-refractivity contribution in [2.24, 2.45) is 5.92 Å². The van der Waals surface area contributed by atoms with E-state index in [1.54, 1.807) is 25.1 Å². The van der Waals surface area contributed by atoms with Crippen molar-refractivity contribution in [3.8, 4) is 11.5 Å². The summed E-state index contributed by atoms with van der Waals surface area (Å²) in [6, 6.07) is 6.82. The van der Waals surface area contributed by atoms with E-state index in [1.165, 1.54) is 25.3 Å². The summed E-state index contributed by atoms with van der Waals surface area (Å²) in [5.74, 6) is -1.65. The highest BCUT2D eigenvalue weighted by Gasteiger charge is 2.38. The van der Waals surface area contributed by atoms with E-state index >= 15 is 0 Å². The number of anilines is 1. The minimum absolute atomic E-state index is 0.0364. The first kappa shape index (κ1) is 18.4. The molecule has 0 radical (unpaired) electrons. The fourth-order valence-corrected chi connectivity index (χ4v) is 4.57.